The number of nitrogens with zero attached hydrogens (tertiary/aromatic N) is 3. The standard InChI is InChI=1S/C22H20N4O/c1-2-13-23-20-15-18(24-21(25-20)17-9-4-3-5-10-17)22(27)26-14-12-16-8-6-7-11-19(16)26/h2-11,15H,1,12-14H2,(H,23,24,25). The van der Waals surface area contributed by atoms with Crippen molar-refractivity contribution in [3.8, 4) is 11.4 Å². The van der Waals surface area contributed by atoms with Gasteiger partial charge >= 0.3 is 0 Å². The summed E-state index contributed by atoms with van der Waals surface area (Å²) in [5.74, 6) is 1.03. The minimum Gasteiger partial charge on any atom is -0.366 e. The molecule has 1 aromatic heterocycles. The van der Waals surface area contributed by atoms with Crippen LogP contribution in [0.1, 0.15) is 16.1 Å². The summed E-state index contributed by atoms with van der Waals surface area (Å²) >= 11 is 0. The highest BCUT2D eigenvalue weighted by Crippen LogP contribution is 2.29. The molecule has 1 aliphatic heterocycles. The van der Waals surface area contributed by atoms with Crippen molar-refractivity contribution < 1.29 is 4.79 Å². The van der Waals surface area contributed by atoms with Gasteiger partial charge in [-0.3, -0.25) is 4.79 Å². The van der Waals surface area contributed by atoms with Gasteiger partial charge in [0.05, 0.1) is 0 Å². The maximum atomic E-state index is 13.2. The van der Waals surface area contributed by atoms with Gasteiger partial charge in [-0.2, -0.15) is 0 Å². The van der Waals surface area contributed by atoms with E-state index in [2.05, 4.69) is 27.9 Å². The molecule has 0 aliphatic carbocycles. The number of rotatable bonds is 5. The minimum atomic E-state index is -0.110. The Labute approximate surface area is 158 Å². The molecular weight excluding hydrogens is 336 g/mol. The molecule has 4 rings (SSSR count). The van der Waals surface area contributed by atoms with Gasteiger partial charge in [-0.15, -0.1) is 6.58 Å². The number of anilines is 2. The molecule has 0 radical (unpaired) electrons. The minimum absolute atomic E-state index is 0.110. The van der Waals surface area contributed by atoms with Crippen LogP contribution in [0.4, 0.5) is 11.5 Å². The SMILES string of the molecule is C=CCNc1cc(C(=O)N2CCc3ccccc32)nc(-c2ccccc2)n1. The maximum Gasteiger partial charge on any atom is 0.277 e. The number of para-hydroxylation sites is 1. The molecular formula is C22H20N4O. The normalized spacial score (nSPS) is 12.5. The zero-order valence-corrected chi connectivity index (χ0v) is 14.9. The Balaban J connectivity index is 1.73. The molecule has 0 bridgehead atoms. The highest BCUT2D eigenvalue weighted by atomic mass is 16.2. The number of fused-ring (bicyclic) bond motifs is 1. The summed E-state index contributed by atoms with van der Waals surface area (Å²) in [6.07, 6.45) is 2.61. The molecule has 5 heteroatoms. The number of benzene rings is 2. The second-order valence-electron chi connectivity index (χ2n) is 6.33. The molecule has 1 aliphatic rings. The maximum absolute atomic E-state index is 13.2. The lowest BCUT2D eigenvalue weighted by molar-refractivity contribution is 0.0984. The van der Waals surface area contributed by atoms with E-state index in [-0.39, 0.29) is 5.91 Å². The van der Waals surface area contributed by atoms with Crippen LogP contribution in [-0.4, -0.2) is 29.0 Å². The lowest BCUT2D eigenvalue weighted by Crippen LogP contribution is -2.30. The first-order chi connectivity index (χ1) is 13.3. The smallest absolute Gasteiger partial charge is 0.277 e. The van der Waals surface area contributed by atoms with Crippen LogP contribution in [0.3, 0.4) is 0 Å². The van der Waals surface area contributed by atoms with Crippen molar-refractivity contribution in [2.45, 2.75) is 6.42 Å². The Bertz CT molecular complexity index is 985. The molecule has 3 aromatic rings. The lowest BCUT2D eigenvalue weighted by Gasteiger charge is -2.18. The molecule has 27 heavy (non-hydrogen) atoms. The average Bonchev–Trinajstić information content (AvgIpc) is 3.16. The highest BCUT2D eigenvalue weighted by Gasteiger charge is 2.26. The summed E-state index contributed by atoms with van der Waals surface area (Å²) in [4.78, 5) is 24.1. The molecule has 2 heterocycles. The molecule has 5 nitrogen and oxygen atoms in total. The fourth-order valence-corrected chi connectivity index (χ4v) is 3.23. The highest BCUT2D eigenvalue weighted by molar-refractivity contribution is 6.06. The van der Waals surface area contributed by atoms with Gasteiger partial charge in [-0.25, -0.2) is 9.97 Å². The molecule has 0 saturated heterocycles. The van der Waals surface area contributed by atoms with E-state index in [0.29, 0.717) is 30.4 Å². The van der Waals surface area contributed by atoms with Crippen LogP contribution in [0, 0.1) is 0 Å². The van der Waals surface area contributed by atoms with Crippen molar-refractivity contribution in [3.63, 3.8) is 0 Å². The van der Waals surface area contributed by atoms with Crippen LogP contribution < -0.4 is 10.2 Å². The van der Waals surface area contributed by atoms with Crippen LogP contribution in [0.5, 0.6) is 0 Å². The molecule has 1 N–H and O–H groups in total. The molecule has 0 spiro atoms. The summed E-state index contributed by atoms with van der Waals surface area (Å²) in [5, 5.41) is 3.17. The number of carbonyl (C=O) groups excluding carboxylic acids is 1. The van der Waals surface area contributed by atoms with Crippen LogP contribution in [-0.2, 0) is 6.42 Å². The molecule has 0 atom stereocenters. The topological polar surface area (TPSA) is 58.1 Å². The Kier molecular flexibility index (Phi) is 4.66. The molecule has 2 aromatic carbocycles. The van der Waals surface area contributed by atoms with Gasteiger partial charge in [0, 0.05) is 30.4 Å². The zero-order chi connectivity index (χ0) is 18.6. The lowest BCUT2D eigenvalue weighted by atomic mass is 10.2. The quantitative estimate of drug-likeness (QED) is 0.704. The van der Waals surface area contributed by atoms with Gasteiger partial charge in [-0.05, 0) is 18.1 Å². The van der Waals surface area contributed by atoms with Gasteiger partial charge in [0.15, 0.2) is 5.82 Å². The number of aromatic nitrogens is 2. The summed E-state index contributed by atoms with van der Waals surface area (Å²) in [6, 6.07) is 19.4. The fourth-order valence-electron chi connectivity index (χ4n) is 3.23. The Morgan fingerprint density at radius 1 is 1.11 bits per heavy atom. The van der Waals surface area contributed by atoms with E-state index in [0.717, 1.165) is 17.7 Å². The van der Waals surface area contributed by atoms with Crippen molar-refractivity contribution in [2.24, 2.45) is 0 Å². The Hall–Kier alpha value is -3.47. The monoisotopic (exact) mass is 356 g/mol. The number of nitrogens with one attached hydrogen (secondary N) is 1. The molecule has 0 fully saturated rings. The first kappa shape index (κ1) is 17.0. The molecule has 0 saturated carbocycles. The van der Waals surface area contributed by atoms with Crippen LogP contribution >= 0.6 is 0 Å². The van der Waals surface area contributed by atoms with E-state index in [1.165, 1.54) is 5.56 Å². The fraction of sp³-hybridized carbons (Fsp3) is 0.136. The summed E-state index contributed by atoms with van der Waals surface area (Å²) < 4.78 is 0. The Morgan fingerprint density at radius 2 is 1.89 bits per heavy atom. The Morgan fingerprint density at radius 3 is 2.70 bits per heavy atom. The second kappa shape index (κ2) is 7.41. The van der Waals surface area contributed by atoms with Gasteiger partial charge < -0.3 is 10.2 Å². The summed E-state index contributed by atoms with van der Waals surface area (Å²) in [6.45, 7) is 4.95. The summed E-state index contributed by atoms with van der Waals surface area (Å²) in [5.41, 5.74) is 3.40. The van der Waals surface area contributed by atoms with Gasteiger partial charge in [0.25, 0.3) is 5.91 Å². The first-order valence-corrected chi connectivity index (χ1v) is 8.95. The third-order valence-electron chi connectivity index (χ3n) is 4.54. The molecule has 0 unspecified atom stereocenters. The van der Waals surface area contributed by atoms with Gasteiger partial charge in [0.2, 0.25) is 0 Å². The van der Waals surface area contributed by atoms with E-state index in [9.17, 15) is 4.79 Å². The van der Waals surface area contributed by atoms with Crippen LogP contribution in [0.15, 0.2) is 73.3 Å². The molecule has 1 amide bonds. The van der Waals surface area contributed by atoms with Crippen molar-refractivity contribution in [1.82, 2.24) is 9.97 Å². The number of carbonyl (C=O) groups is 1. The average molecular weight is 356 g/mol. The summed E-state index contributed by atoms with van der Waals surface area (Å²) in [7, 11) is 0. The van der Waals surface area contributed by atoms with Crippen molar-refractivity contribution in [1.29, 1.82) is 0 Å². The van der Waals surface area contributed by atoms with E-state index in [4.69, 9.17) is 0 Å². The van der Waals surface area contributed by atoms with E-state index in [1.807, 2.05) is 48.5 Å². The molecule has 134 valence electrons. The van der Waals surface area contributed by atoms with E-state index < -0.39 is 0 Å². The largest absolute Gasteiger partial charge is 0.366 e. The zero-order valence-electron chi connectivity index (χ0n) is 14.9. The first-order valence-electron chi connectivity index (χ1n) is 8.95. The van der Waals surface area contributed by atoms with Gasteiger partial charge in [-0.1, -0.05) is 54.6 Å². The van der Waals surface area contributed by atoms with Crippen molar-refractivity contribution in [3.05, 3.63) is 84.6 Å². The second-order valence-corrected chi connectivity index (χ2v) is 6.33. The predicted molar refractivity (Wildman–Crippen MR) is 108 cm³/mol. The number of hydrogen-bond acceptors (Lipinski definition) is 4. The van der Waals surface area contributed by atoms with Crippen molar-refractivity contribution in [2.75, 3.05) is 23.3 Å². The number of amides is 1. The third kappa shape index (κ3) is 3.44. The number of hydrogen-bond donors (Lipinski definition) is 1. The van der Waals surface area contributed by atoms with E-state index >= 15 is 0 Å². The van der Waals surface area contributed by atoms with Crippen molar-refractivity contribution >= 4 is 17.4 Å². The predicted octanol–water partition coefficient (Wildman–Crippen LogP) is 3.94. The van der Waals surface area contributed by atoms with Crippen LogP contribution in [0.2, 0.25) is 0 Å². The van der Waals surface area contributed by atoms with E-state index in [1.54, 1.807) is 17.0 Å². The van der Waals surface area contributed by atoms with Gasteiger partial charge in [0.1, 0.15) is 11.5 Å². The van der Waals surface area contributed by atoms with Crippen LogP contribution in [0.25, 0.3) is 11.4 Å². The third-order valence-corrected chi connectivity index (χ3v) is 4.54.